The van der Waals surface area contributed by atoms with Crippen molar-refractivity contribution in [3.63, 3.8) is 0 Å². The average Bonchev–Trinajstić information content (AvgIpc) is 3.30. The first kappa shape index (κ1) is 32.5. The molecule has 3 aliphatic rings. The SMILES string of the molecule is CCCCC1(CC2CCCCC2)N=C(N)N(Cc2ccc(CNC(=O)N(CCc3ccccc3)CC3C=CC=CC3)cc2)C1=O. The second kappa shape index (κ2) is 15.9. The maximum Gasteiger partial charge on any atom is 0.317 e. The van der Waals surface area contributed by atoms with E-state index in [2.05, 4.69) is 48.7 Å². The number of hydrogen-bond acceptors (Lipinski definition) is 4. The second-order valence-electron chi connectivity index (χ2n) is 13.2. The van der Waals surface area contributed by atoms with Crippen molar-refractivity contribution in [2.24, 2.45) is 22.6 Å². The lowest BCUT2D eigenvalue weighted by Crippen LogP contribution is -2.45. The van der Waals surface area contributed by atoms with Crippen LogP contribution in [0.15, 0.2) is 83.9 Å². The Labute approximate surface area is 269 Å². The first-order valence-corrected chi connectivity index (χ1v) is 17.1. The quantitative estimate of drug-likeness (QED) is 0.239. The van der Waals surface area contributed by atoms with Crippen LogP contribution >= 0.6 is 0 Å². The van der Waals surface area contributed by atoms with Gasteiger partial charge in [0.25, 0.3) is 5.91 Å². The maximum absolute atomic E-state index is 13.9. The van der Waals surface area contributed by atoms with Crippen LogP contribution in [0.2, 0.25) is 0 Å². The van der Waals surface area contributed by atoms with Crippen molar-refractivity contribution < 1.29 is 9.59 Å². The minimum Gasteiger partial charge on any atom is -0.369 e. The number of benzene rings is 2. The Morgan fingerprint density at radius 1 is 1.02 bits per heavy atom. The summed E-state index contributed by atoms with van der Waals surface area (Å²) in [5.74, 6) is 1.29. The molecule has 3 amide bonds. The van der Waals surface area contributed by atoms with Crippen molar-refractivity contribution in [1.82, 2.24) is 15.1 Å². The molecule has 7 nitrogen and oxygen atoms in total. The van der Waals surface area contributed by atoms with Crippen molar-refractivity contribution in [1.29, 1.82) is 0 Å². The predicted octanol–water partition coefficient (Wildman–Crippen LogP) is 7.13. The van der Waals surface area contributed by atoms with Gasteiger partial charge in [0.05, 0.1) is 6.54 Å². The van der Waals surface area contributed by atoms with Gasteiger partial charge in [-0.3, -0.25) is 9.69 Å². The molecule has 2 unspecified atom stereocenters. The van der Waals surface area contributed by atoms with Crippen LogP contribution in [0, 0.1) is 11.8 Å². The molecule has 45 heavy (non-hydrogen) atoms. The molecule has 240 valence electrons. The smallest absolute Gasteiger partial charge is 0.317 e. The van der Waals surface area contributed by atoms with Gasteiger partial charge in [-0.05, 0) is 54.2 Å². The highest BCUT2D eigenvalue weighted by Gasteiger charge is 2.48. The lowest BCUT2D eigenvalue weighted by atomic mass is 9.77. The Morgan fingerprint density at radius 2 is 1.78 bits per heavy atom. The highest BCUT2D eigenvalue weighted by Crippen LogP contribution is 2.39. The van der Waals surface area contributed by atoms with E-state index in [1.54, 1.807) is 4.90 Å². The van der Waals surface area contributed by atoms with Gasteiger partial charge in [0.1, 0.15) is 5.54 Å². The number of unbranched alkanes of at least 4 members (excludes halogenated alkanes) is 1. The third kappa shape index (κ3) is 8.86. The molecule has 0 saturated heterocycles. The summed E-state index contributed by atoms with van der Waals surface area (Å²) < 4.78 is 0. The fraction of sp³-hybridized carbons (Fsp3) is 0.500. The molecule has 2 aliphatic carbocycles. The highest BCUT2D eigenvalue weighted by molar-refractivity contribution is 6.06. The van der Waals surface area contributed by atoms with Crippen LogP contribution in [-0.2, 0) is 24.3 Å². The number of urea groups is 1. The molecule has 7 heteroatoms. The number of carbonyl (C=O) groups excluding carboxylic acids is 2. The summed E-state index contributed by atoms with van der Waals surface area (Å²) in [4.78, 5) is 35.8. The Kier molecular flexibility index (Phi) is 11.5. The van der Waals surface area contributed by atoms with Gasteiger partial charge in [0.15, 0.2) is 5.96 Å². The largest absolute Gasteiger partial charge is 0.369 e. The normalized spacial score (nSPS) is 21.6. The second-order valence-corrected chi connectivity index (χ2v) is 13.2. The lowest BCUT2D eigenvalue weighted by Gasteiger charge is -2.32. The maximum atomic E-state index is 13.9. The van der Waals surface area contributed by atoms with Crippen LogP contribution in [0.3, 0.4) is 0 Å². The molecule has 1 aliphatic heterocycles. The average molecular weight is 610 g/mol. The Bertz CT molecular complexity index is 1350. The van der Waals surface area contributed by atoms with Gasteiger partial charge in [-0.1, -0.05) is 131 Å². The Balaban J connectivity index is 1.17. The third-order valence-electron chi connectivity index (χ3n) is 9.68. The van der Waals surface area contributed by atoms with Gasteiger partial charge in [-0.25, -0.2) is 9.79 Å². The molecule has 0 radical (unpaired) electrons. The molecule has 0 aromatic heterocycles. The Morgan fingerprint density at radius 3 is 2.49 bits per heavy atom. The molecular formula is C38H51N5O2. The molecule has 2 aromatic carbocycles. The van der Waals surface area contributed by atoms with E-state index in [9.17, 15) is 9.59 Å². The van der Waals surface area contributed by atoms with Gasteiger partial charge in [-0.15, -0.1) is 0 Å². The molecular weight excluding hydrogens is 558 g/mol. The molecule has 2 atom stereocenters. The van der Waals surface area contributed by atoms with Gasteiger partial charge < -0.3 is 16.0 Å². The number of nitrogens with zero attached hydrogens (tertiary/aromatic N) is 3. The summed E-state index contributed by atoms with van der Waals surface area (Å²) in [6.45, 7) is 4.36. The van der Waals surface area contributed by atoms with Crippen molar-refractivity contribution in [2.75, 3.05) is 13.1 Å². The molecule has 1 fully saturated rings. The number of hydrogen-bond donors (Lipinski definition) is 2. The standard InChI is InChI=1S/C38H51N5O2/c1-2-3-24-38(26-31-15-9-5-10-16-31)35(44)43(36(39)41-38)29-34-21-19-32(20-22-34)27-40-37(45)42(28-33-17-11-6-12-18-33)25-23-30-13-7-4-8-14-30/h4,6-8,11-14,17,19-22,31,33H,2-3,5,9-10,15-16,18,23-29H2,1H3,(H2,39,41)(H,40,45). The van der Waals surface area contributed by atoms with Crippen molar-refractivity contribution in [3.8, 4) is 0 Å². The van der Waals surface area contributed by atoms with Crippen molar-refractivity contribution in [2.45, 2.75) is 96.2 Å². The number of nitrogens with two attached hydrogens (primary N) is 1. The number of allylic oxidation sites excluding steroid dienone is 3. The van der Waals surface area contributed by atoms with Gasteiger partial charge >= 0.3 is 6.03 Å². The topological polar surface area (TPSA) is 91.0 Å². The zero-order chi connectivity index (χ0) is 31.5. The fourth-order valence-corrected chi connectivity index (χ4v) is 7.04. The van der Waals surface area contributed by atoms with E-state index in [0.717, 1.165) is 49.7 Å². The lowest BCUT2D eigenvalue weighted by molar-refractivity contribution is -0.132. The molecule has 3 N–H and O–H groups in total. The first-order chi connectivity index (χ1) is 22.0. The summed E-state index contributed by atoms with van der Waals surface area (Å²) in [7, 11) is 0. The highest BCUT2D eigenvalue weighted by atomic mass is 16.2. The fourth-order valence-electron chi connectivity index (χ4n) is 7.04. The summed E-state index contributed by atoms with van der Waals surface area (Å²) >= 11 is 0. The number of aliphatic imine (C=N–C) groups is 1. The van der Waals surface area contributed by atoms with Crippen LogP contribution < -0.4 is 11.1 Å². The number of amides is 3. The minimum atomic E-state index is -0.706. The van der Waals surface area contributed by atoms with Gasteiger partial charge in [-0.2, -0.15) is 0 Å². The van der Waals surface area contributed by atoms with Crippen molar-refractivity contribution in [3.05, 3.63) is 95.6 Å². The van der Waals surface area contributed by atoms with E-state index in [0.29, 0.717) is 44.0 Å². The number of carbonyl (C=O) groups is 2. The molecule has 0 bridgehead atoms. The van der Waals surface area contributed by atoms with Crippen LogP contribution in [0.25, 0.3) is 0 Å². The van der Waals surface area contributed by atoms with E-state index in [-0.39, 0.29) is 11.9 Å². The molecule has 1 saturated carbocycles. The van der Waals surface area contributed by atoms with Crippen LogP contribution in [-0.4, -0.2) is 46.3 Å². The molecule has 2 aromatic rings. The summed E-state index contributed by atoms with van der Waals surface area (Å²) in [5, 5.41) is 3.14. The molecule has 0 spiro atoms. The van der Waals surface area contributed by atoms with Crippen LogP contribution in [0.4, 0.5) is 4.79 Å². The number of nitrogens with one attached hydrogen (secondary N) is 1. The number of rotatable bonds is 14. The Hall–Kier alpha value is -3.87. The molecule has 5 rings (SSSR count). The monoisotopic (exact) mass is 609 g/mol. The zero-order valence-corrected chi connectivity index (χ0v) is 27.0. The third-order valence-corrected chi connectivity index (χ3v) is 9.68. The summed E-state index contributed by atoms with van der Waals surface area (Å²) in [6.07, 6.45) is 20.0. The predicted molar refractivity (Wildman–Crippen MR) is 182 cm³/mol. The van der Waals surface area contributed by atoms with Gasteiger partial charge in [0.2, 0.25) is 0 Å². The summed E-state index contributed by atoms with van der Waals surface area (Å²) in [6, 6.07) is 18.4. The van der Waals surface area contributed by atoms with E-state index in [1.807, 2.05) is 47.4 Å². The van der Waals surface area contributed by atoms with E-state index in [4.69, 9.17) is 10.7 Å². The number of guanidine groups is 1. The first-order valence-electron chi connectivity index (χ1n) is 17.1. The summed E-state index contributed by atoms with van der Waals surface area (Å²) in [5.41, 5.74) is 8.97. The van der Waals surface area contributed by atoms with E-state index < -0.39 is 5.54 Å². The van der Waals surface area contributed by atoms with E-state index >= 15 is 0 Å². The van der Waals surface area contributed by atoms with E-state index in [1.165, 1.54) is 37.7 Å². The van der Waals surface area contributed by atoms with Crippen LogP contribution in [0.1, 0.15) is 87.8 Å². The molecule has 1 heterocycles. The van der Waals surface area contributed by atoms with Crippen LogP contribution in [0.5, 0.6) is 0 Å². The minimum absolute atomic E-state index is 0.0500. The van der Waals surface area contributed by atoms with Crippen molar-refractivity contribution >= 4 is 17.9 Å². The zero-order valence-electron chi connectivity index (χ0n) is 27.0. The van der Waals surface area contributed by atoms with Gasteiger partial charge in [0, 0.05) is 19.6 Å².